The zero-order valence-electron chi connectivity index (χ0n) is 13.4. The Kier molecular flexibility index (Phi) is 3.46. The number of nitrogens with two attached hydrogens (primary N) is 1. The SMILES string of the molecule is CN(c1nc(-c2nn(N)c(=O)[nH]2)cc2ccccc12)[C@H]1CCNC1. The normalized spacial score (nSPS) is 17.5. The summed E-state index contributed by atoms with van der Waals surface area (Å²) >= 11 is 0. The van der Waals surface area contributed by atoms with E-state index in [2.05, 4.69) is 33.4 Å². The van der Waals surface area contributed by atoms with E-state index in [4.69, 9.17) is 10.8 Å². The fraction of sp³-hybridized carbons (Fsp3) is 0.312. The minimum Gasteiger partial charge on any atom is -0.355 e. The van der Waals surface area contributed by atoms with Crippen LogP contribution in [0.4, 0.5) is 5.82 Å². The van der Waals surface area contributed by atoms with Crippen molar-refractivity contribution in [3.05, 3.63) is 40.8 Å². The third-order valence-corrected chi connectivity index (χ3v) is 4.52. The maximum Gasteiger partial charge on any atom is 0.362 e. The van der Waals surface area contributed by atoms with E-state index in [9.17, 15) is 4.79 Å². The van der Waals surface area contributed by atoms with Gasteiger partial charge in [-0.25, -0.2) is 9.78 Å². The Labute approximate surface area is 138 Å². The van der Waals surface area contributed by atoms with E-state index in [1.165, 1.54) is 0 Å². The average molecular weight is 325 g/mol. The van der Waals surface area contributed by atoms with Gasteiger partial charge in [-0.1, -0.05) is 24.3 Å². The number of rotatable bonds is 3. The van der Waals surface area contributed by atoms with Crippen LogP contribution in [0, 0.1) is 0 Å². The first-order valence-electron chi connectivity index (χ1n) is 7.91. The van der Waals surface area contributed by atoms with Crippen molar-refractivity contribution in [1.29, 1.82) is 0 Å². The molecule has 1 aromatic carbocycles. The molecule has 3 heterocycles. The highest BCUT2D eigenvalue weighted by Gasteiger charge is 2.23. The lowest BCUT2D eigenvalue weighted by Crippen LogP contribution is -2.34. The fourth-order valence-corrected chi connectivity index (χ4v) is 3.17. The minimum atomic E-state index is -0.463. The van der Waals surface area contributed by atoms with Crippen LogP contribution in [0.15, 0.2) is 35.1 Å². The molecule has 1 saturated heterocycles. The molecule has 1 fully saturated rings. The van der Waals surface area contributed by atoms with E-state index in [-0.39, 0.29) is 0 Å². The number of hydrogen-bond acceptors (Lipinski definition) is 6. The zero-order valence-corrected chi connectivity index (χ0v) is 13.4. The van der Waals surface area contributed by atoms with Crippen molar-refractivity contribution in [3.8, 4) is 11.5 Å². The maximum atomic E-state index is 11.6. The van der Waals surface area contributed by atoms with Gasteiger partial charge in [0.15, 0.2) is 5.82 Å². The molecule has 0 spiro atoms. The molecule has 1 atom stereocenters. The summed E-state index contributed by atoms with van der Waals surface area (Å²) in [5.74, 6) is 6.75. The number of H-pyrrole nitrogens is 1. The lowest BCUT2D eigenvalue weighted by molar-refractivity contribution is 0.680. The number of hydrogen-bond donors (Lipinski definition) is 3. The van der Waals surface area contributed by atoms with Crippen molar-refractivity contribution < 1.29 is 0 Å². The molecule has 4 rings (SSSR count). The van der Waals surface area contributed by atoms with Gasteiger partial charge in [-0.15, -0.1) is 9.89 Å². The molecule has 0 amide bonds. The van der Waals surface area contributed by atoms with Gasteiger partial charge in [0.2, 0.25) is 0 Å². The molecule has 8 nitrogen and oxygen atoms in total. The quantitative estimate of drug-likeness (QED) is 0.598. The number of anilines is 1. The summed E-state index contributed by atoms with van der Waals surface area (Å²) in [6.45, 7) is 1.95. The highest BCUT2D eigenvalue weighted by Crippen LogP contribution is 2.29. The van der Waals surface area contributed by atoms with Crippen LogP contribution in [0.3, 0.4) is 0 Å². The van der Waals surface area contributed by atoms with Crippen LogP contribution in [0.1, 0.15) is 6.42 Å². The molecular formula is C16H19N7O. The van der Waals surface area contributed by atoms with Gasteiger partial charge in [0.25, 0.3) is 0 Å². The van der Waals surface area contributed by atoms with Gasteiger partial charge in [0, 0.05) is 25.0 Å². The number of pyridine rings is 1. The van der Waals surface area contributed by atoms with Gasteiger partial charge in [-0.2, -0.15) is 0 Å². The number of nitrogens with one attached hydrogen (secondary N) is 2. The lowest BCUT2D eigenvalue weighted by Gasteiger charge is -2.26. The first kappa shape index (κ1) is 14.7. The summed E-state index contributed by atoms with van der Waals surface area (Å²) in [6.07, 6.45) is 1.07. The third kappa shape index (κ3) is 2.41. The smallest absolute Gasteiger partial charge is 0.355 e. The summed E-state index contributed by atoms with van der Waals surface area (Å²) < 4.78 is 0. The molecular weight excluding hydrogens is 306 g/mol. The van der Waals surface area contributed by atoms with Crippen LogP contribution < -0.4 is 21.7 Å². The minimum absolute atomic E-state index is 0.368. The highest BCUT2D eigenvalue weighted by atomic mass is 16.2. The molecule has 2 aromatic heterocycles. The molecule has 124 valence electrons. The molecule has 3 aromatic rings. The van der Waals surface area contributed by atoms with Crippen molar-refractivity contribution >= 4 is 16.6 Å². The van der Waals surface area contributed by atoms with E-state index >= 15 is 0 Å². The Morgan fingerprint density at radius 3 is 2.92 bits per heavy atom. The van der Waals surface area contributed by atoms with E-state index in [1.54, 1.807) is 0 Å². The van der Waals surface area contributed by atoms with E-state index < -0.39 is 5.69 Å². The van der Waals surface area contributed by atoms with Gasteiger partial charge in [0.1, 0.15) is 11.5 Å². The zero-order chi connectivity index (χ0) is 16.7. The number of likely N-dealkylation sites (N-methyl/N-ethyl adjacent to an activating group) is 1. The highest BCUT2D eigenvalue weighted by molar-refractivity contribution is 5.94. The van der Waals surface area contributed by atoms with Crippen LogP contribution in [0.25, 0.3) is 22.3 Å². The number of nitrogen functional groups attached to an aromatic ring is 1. The van der Waals surface area contributed by atoms with Crippen LogP contribution in [0.5, 0.6) is 0 Å². The molecule has 0 bridgehead atoms. The predicted molar refractivity (Wildman–Crippen MR) is 93.4 cm³/mol. The second-order valence-corrected chi connectivity index (χ2v) is 6.03. The molecule has 4 N–H and O–H groups in total. The van der Waals surface area contributed by atoms with Gasteiger partial charge in [-0.05, 0) is 24.4 Å². The Bertz CT molecular complexity index is 939. The van der Waals surface area contributed by atoms with E-state index in [0.717, 1.165) is 40.9 Å². The standard InChI is InChI=1S/C16H19N7O/c1-22(11-6-7-18-9-11)15-12-5-3-2-4-10(12)8-13(19-15)14-20-16(24)23(17)21-14/h2-5,8,11,18H,6-7,9,17H2,1H3,(H,20,21,24)/t11-/m0/s1. The molecule has 0 radical (unpaired) electrons. The van der Waals surface area contributed by atoms with Crippen LogP contribution in [-0.4, -0.2) is 46.0 Å². The fourth-order valence-electron chi connectivity index (χ4n) is 3.17. The van der Waals surface area contributed by atoms with Crippen molar-refractivity contribution in [3.63, 3.8) is 0 Å². The van der Waals surface area contributed by atoms with Crippen molar-refractivity contribution in [2.24, 2.45) is 0 Å². The van der Waals surface area contributed by atoms with Crippen LogP contribution in [0.2, 0.25) is 0 Å². The van der Waals surface area contributed by atoms with Gasteiger partial charge in [0.05, 0.1) is 0 Å². The summed E-state index contributed by atoms with van der Waals surface area (Å²) in [4.78, 5) is 22.0. The summed E-state index contributed by atoms with van der Waals surface area (Å²) in [6, 6.07) is 10.4. The second-order valence-electron chi connectivity index (χ2n) is 6.03. The Morgan fingerprint density at radius 2 is 2.21 bits per heavy atom. The Morgan fingerprint density at radius 1 is 1.38 bits per heavy atom. The second kappa shape index (κ2) is 5.64. The Hall–Kier alpha value is -2.87. The van der Waals surface area contributed by atoms with E-state index in [1.807, 2.05) is 24.3 Å². The molecule has 0 unspecified atom stereocenters. The van der Waals surface area contributed by atoms with E-state index in [0.29, 0.717) is 17.6 Å². The lowest BCUT2D eigenvalue weighted by atomic mass is 10.1. The van der Waals surface area contributed by atoms with Crippen molar-refractivity contribution in [2.45, 2.75) is 12.5 Å². The van der Waals surface area contributed by atoms with Crippen LogP contribution >= 0.6 is 0 Å². The molecule has 8 heteroatoms. The first-order chi connectivity index (χ1) is 11.6. The number of benzene rings is 1. The largest absolute Gasteiger partial charge is 0.362 e. The monoisotopic (exact) mass is 325 g/mol. The first-order valence-corrected chi connectivity index (χ1v) is 7.91. The predicted octanol–water partition coefficient (Wildman–Crippen LogP) is 0.298. The maximum absolute atomic E-state index is 11.6. The van der Waals surface area contributed by atoms with Crippen LogP contribution in [-0.2, 0) is 0 Å². The molecule has 0 aliphatic carbocycles. The van der Waals surface area contributed by atoms with Gasteiger partial charge < -0.3 is 16.1 Å². The molecule has 1 aliphatic heterocycles. The topological polar surface area (TPSA) is 105 Å². The number of fused-ring (bicyclic) bond motifs is 1. The molecule has 24 heavy (non-hydrogen) atoms. The average Bonchev–Trinajstić information content (AvgIpc) is 3.24. The number of aromatic nitrogens is 4. The summed E-state index contributed by atoms with van der Waals surface area (Å²) in [7, 11) is 2.06. The van der Waals surface area contributed by atoms with Crippen molar-refractivity contribution in [1.82, 2.24) is 25.2 Å². The summed E-state index contributed by atoms with van der Waals surface area (Å²) in [5.41, 5.74) is 0.137. The molecule has 1 aliphatic rings. The van der Waals surface area contributed by atoms with Gasteiger partial charge in [-0.3, -0.25) is 4.98 Å². The Balaban J connectivity index is 1.88. The number of nitrogens with zero attached hydrogens (tertiary/aromatic N) is 4. The number of aromatic amines is 1. The van der Waals surface area contributed by atoms with Gasteiger partial charge >= 0.3 is 5.69 Å². The summed E-state index contributed by atoms with van der Waals surface area (Å²) in [5, 5.41) is 9.52. The van der Waals surface area contributed by atoms with Crippen molar-refractivity contribution in [2.75, 3.05) is 30.9 Å². The molecule has 0 saturated carbocycles. The third-order valence-electron chi connectivity index (χ3n) is 4.52.